The van der Waals surface area contributed by atoms with Crippen LogP contribution in [0.3, 0.4) is 0 Å². The molecular formula is C22H27N3O3. The first-order valence-corrected chi connectivity index (χ1v) is 9.98. The number of rotatable bonds is 4. The quantitative estimate of drug-likeness (QED) is 0.875. The van der Waals surface area contributed by atoms with Gasteiger partial charge in [-0.05, 0) is 49.2 Å². The fraction of sp³-hybridized carbons (Fsp3) is 0.409. The molecule has 0 bridgehead atoms. The molecule has 0 aromatic heterocycles. The molecule has 0 aliphatic carbocycles. The number of benzene rings is 2. The summed E-state index contributed by atoms with van der Waals surface area (Å²) in [5, 5.41) is 3.01. The van der Waals surface area contributed by atoms with E-state index in [-0.39, 0.29) is 6.03 Å². The van der Waals surface area contributed by atoms with Gasteiger partial charge in [0, 0.05) is 37.9 Å². The van der Waals surface area contributed by atoms with Crippen LogP contribution >= 0.6 is 0 Å². The number of amides is 2. The van der Waals surface area contributed by atoms with Crippen molar-refractivity contribution in [1.82, 2.24) is 9.80 Å². The van der Waals surface area contributed by atoms with Gasteiger partial charge in [0.25, 0.3) is 0 Å². The Labute approximate surface area is 166 Å². The average Bonchev–Trinajstić information content (AvgIpc) is 2.76. The molecule has 2 aliphatic heterocycles. The Bertz CT molecular complexity index is 760. The maximum Gasteiger partial charge on any atom is 0.321 e. The van der Waals surface area contributed by atoms with Gasteiger partial charge in [-0.15, -0.1) is 0 Å². The van der Waals surface area contributed by atoms with Gasteiger partial charge < -0.3 is 19.7 Å². The highest BCUT2D eigenvalue weighted by molar-refractivity contribution is 5.89. The van der Waals surface area contributed by atoms with E-state index in [1.54, 1.807) is 0 Å². The maximum absolute atomic E-state index is 12.7. The van der Waals surface area contributed by atoms with Gasteiger partial charge in [0.1, 0.15) is 11.5 Å². The van der Waals surface area contributed by atoms with E-state index in [0.29, 0.717) is 6.04 Å². The van der Waals surface area contributed by atoms with E-state index < -0.39 is 0 Å². The van der Waals surface area contributed by atoms with E-state index in [1.165, 1.54) is 0 Å². The molecule has 2 fully saturated rings. The van der Waals surface area contributed by atoms with Crippen molar-refractivity contribution in [2.45, 2.75) is 18.9 Å². The number of nitrogens with zero attached hydrogens (tertiary/aromatic N) is 2. The molecule has 0 saturated carbocycles. The summed E-state index contributed by atoms with van der Waals surface area (Å²) >= 11 is 0. The molecule has 1 N–H and O–H groups in total. The smallest absolute Gasteiger partial charge is 0.321 e. The molecule has 0 radical (unpaired) electrons. The van der Waals surface area contributed by atoms with Gasteiger partial charge >= 0.3 is 6.03 Å². The van der Waals surface area contributed by atoms with Crippen molar-refractivity contribution in [3.63, 3.8) is 0 Å². The number of anilines is 1. The van der Waals surface area contributed by atoms with Crippen LogP contribution in [0.2, 0.25) is 0 Å². The highest BCUT2D eigenvalue weighted by Crippen LogP contribution is 2.23. The van der Waals surface area contributed by atoms with E-state index in [4.69, 9.17) is 9.47 Å². The van der Waals surface area contributed by atoms with Crippen molar-refractivity contribution in [1.29, 1.82) is 0 Å². The second-order valence-corrected chi connectivity index (χ2v) is 7.26. The Morgan fingerprint density at radius 3 is 2.43 bits per heavy atom. The molecule has 6 nitrogen and oxygen atoms in total. The highest BCUT2D eigenvalue weighted by Gasteiger charge is 2.28. The van der Waals surface area contributed by atoms with Gasteiger partial charge in [-0.25, -0.2) is 4.79 Å². The number of likely N-dealkylation sites (tertiary alicyclic amines) is 1. The van der Waals surface area contributed by atoms with E-state index in [9.17, 15) is 4.79 Å². The number of carbonyl (C=O) groups is 1. The minimum Gasteiger partial charge on any atom is -0.457 e. The number of morpholine rings is 1. The first kappa shape index (κ1) is 18.8. The summed E-state index contributed by atoms with van der Waals surface area (Å²) < 4.78 is 11.2. The SMILES string of the molecule is O=C(Nc1ccc(Oc2ccccc2)cc1)N1CCC[C@H](N2CCOCC2)C1. The molecule has 28 heavy (non-hydrogen) atoms. The third-order valence-electron chi connectivity index (χ3n) is 5.33. The Morgan fingerprint density at radius 2 is 1.68 bits per heavy atom. The number of hydrogen-bond acceptors (Lipinski definition) is 4. The molecule has 2 aromatic rings. The third kappa shape index (κ3) is 4.82. The van der Waals surface area contributed by atoms with E-state index >= 15 is 0 Å². The Hall–Kier alpha value is -2.57. The normalized spacial score (nSPS) is 20.6. The molecule has 2 heterocycles. The van der Waals surface area contributed by atoms with Crippen molar-refractivity contribution in [3.05, 3.63) is 54.6 Å². The Balaban J connectivity index is 1.31. The highest BCUT2D eigenvalue weighted by atomic mass is 16.5. The molecule has 0 unspecified atom stereocenters. The fourth-order valence-corrected chi connectivity index (χ4v) is 3.81. The van der Waals surface area contributed by atoms with Crippen LogP contribution in [0, 0.1) is 0 Å². The number of ether oxygens (including phenoxy) is 2. The number of nitrogens with one attached hydrogen (secondary N) is 1. The van der Waals surface area contributed by atoms with Crippen molar-refractivity contribution < 1.29 is 14.3 Å². The van der Waals surface area contributed by atoms with Crippen LogP contribution in [0.15, 0.2) is 54.6 Å². The van der Waals surface area contributed by atoms with Crippen LogP contribution in [0.1, 0.15) is 12.8 Å². The van der Waals surface area contributed by atoms with Gasteiger partial charge in [0.15, 0.2) is 0 Å². The summed E-state index contributed by atoms with van der Waals surface area (Å²) in [6.45, 7) is 5.09. The van der Waals surface area contributed by atoms with Crippen molar-refractivity contribution >= 4 is 11.7 Å². The third-order valence-corrected chi connectivity index (χ3v) is 5.33. The molecular weight excluding hydrogens is 354 g/mol. The molecule has 2 aliphatic rings. The van der Waals surface area contributed by atoms with Gasteiger partial charge in [0.05, 0.1) is 13.2 Å². The van der Waals surface area contributed by atoms with Crippen LogP contribution < -0.4 is 10.1 Å². The summed E-state index contributed by atoms with van der Waals surface area (Å²) in [4.78, 5) is 17.1. The second kappa shape index (κ2) is 9.08. The zero-order chi connectivity index (χ0) is 19.2. The summed E-state index contributed by atoms with van der Waals surface area (Å²) in [7, 11) is 0. The van der Waals surface area contributed by atoms with E-state index in [0.717, 1.165) is 69.4 Å². The predicted octanol–water partition coefficient (Wildman–Crippen LogP) is 3.81. The zero-order valence-corrected chi connectivity index (χ0v) is 16.0. The molecule has 1 atom stereocenters. The standard InChI is InChI=1S/C22H27N3O3/c26-22(25-12-4-5-19(17-25)24-13-15-27-16-14-24)23-18-8-10-21(11-9-18)28-20-6-2-1-3-7-20/h1-3,6-11,19H,4-5,12-17H2,(H,23,26)/t19-/m0/s1. The van der Waals surface area contributed by atoms with Crippen LogP contribution in [-0.2, 0) is 4.74 Å². The van der Waals surface area contributed by atoms with E-state index in [1.807, 2.05) is 59.5 Å². The number of carbonyl (C=O) groups excluding carboxylic acids is 1. The molecule has 148 valence electrons. The van der Waals surface area contributed by atoms with Gasteiger partial charge in [-0.1, -0.05) is 18.2 Å². The van der Waals surface area contributed by atoms with Gasteiger partial charge in [-0.2, -0.15) is 0 Å². The predicted molar refractivity (Wildman–Crippen MR) is 109 cm³/mol. The molecule has 0 spiro atoms. The molecule has 2 saturated heterocycles. The lowest BCUT2D eigenvalue weighted by atomic mass is 10.0. The van der Waals surface area contributed by atoms with Crippen LogP contribution in [0.25, 0.3) is 0 Å². The van der Waals surface area contributed by atoms with Gasteiger partial charge in [-0.3, -0.25) is 4.90 Å². The monoisotopic (exact) mass is 381 g/mol. The van der Waals surface area contributed by atoms with Crippen LogP contribution in [0.5, 0.6) is 11.5 Å². The number of piperidine rings is 1. The second-order valence-electron chi connectivity index (χ2n) is 7.26. The topological polar surface area (TPSA) is 54.0 Å². The first-order valence-electron chi connectivity index (χ1n) is 9.98. The maximum atomic E-state index is 12.7. The van der Waals surface area contributed by atoms with E-state index in [2.05, 4.69) is 10.2 Å². The molecule has 6 heteroatoms. The van der Waals surface area contributed by atoms with Gasteiger partial charge in [0.2, 0.25) is 0 Å². The zero-order valence-electron chi connectivity index (χ0n) is 16.0. The minimum atomic E-state index is -0.0327. The Morgan fingerprint density at radius 1 is 0.964 bits per heavy atom. The lowest BCUT2D eigenvalue weighted by Gasteiger charge is -2.40. The number of urea groups is 1. The largest absolute Gasteiger partial charge is 0.457 e. The molecule has 2 amide bonds. The fourth-order valence-electron chi connectivity index (χ4n) is 3.81. The number of hydrogen-bond donors (Lipinski definition) is 1. The van der Waals surface area contributed by atoms with Crippen molar-refractivity contribution in [2.75, 3.05) is 44.7 Å². The summed E-state index contributed by atoms with van der Waals surface area (Å²) in [6.07, 6.45) is 2.19. The average molecular weight is 381 g/mol. The van der Waals surface area contributed by atoms with Crippen molar-refractivity contribution in [2.24, 2.45) is 0 Å². The van der Waals surface area contributed by atoms with Crippen LogP contribution in [-0.4, -0.2) is 61.3 Å². The lowest BCUT2D eigenvalue weighted by Crippen LogP contribution is -2.53. The number of para-hydroxylation sites is 1. The summed E-state index contributed by atoms with van der Waals surface area (Å²) in [5.41, 5.74) is 0.777. The van der Waals surface area contributed by atoms with Crippen molar-refractivity contribution in [3.8, 4) is 11.5 Å². The molecule has 2 aromatic carbocycles. The minimum absolute atomic E-state index is 0.0327. The lowest BCUT2D eigenvalue weighted by molar-refractivity contribution is 0.00248. The Kier molecular flexibility index (Phi) is 6.09. The first-order chi connectivity index (χ1) is 13.8. The van der Waals surface area contributed by atoms with Crippen LogP contribution in [0.4, 0.5) is 10.5 Å². The molecule has 4 rings (SSSR count). The summed E-state index contributed by atoms with van der Waals surface area (Å²) in [6, 6.07) is 17.5. The summed E-state index contributed by atoms with van der Waals surface area (Å²) in [5.74, 6) is 1.54.